The first kappa shape index (κ1) is 33.5. The molecule has 236 valence electrons. The molecular weight excluding hydrogens is 538 g/mol. The van der Waals surface area contributed by atoms with Crippen LogP contribution in [-0.2, 0) is 24.0 Å². The Kier molecular flexibility index (Phi) is 12.4. The van der Waals surface area contributed by atoms with Crippen LogP contribution < -0.4 is 21.7 Å². The number of fused-ring (bicyclic) bond motifs is 1. The van der Waals surface area contributed by atoms with E-state index < -0.39 is 47.8 Å². The highest BCUT2D eigenvalue weighted by Gasteiger charge is 2.46. The highest BCUT2D eigenvalue weighted by atomic mass is 16.2. The monoisotopic (exact) mass is 589 g/mol. The summed E-state index contributed by atoms with van der Waals surface area (Å²) in [7, 11) is 0. The van der Waals surface area contributed by atoms with Crippen LogP contribution >= 0.6 is 0 Å². The van der Waals surface area contributed by atoms with Gasteiger partial charge in [0.05, 0.1) is 12.1 Å². The number of urea groups is 1. The molecule has 42 heavy (non-hydrogen) atoms. The molecule has 5 amide bonds. The molecule has 0 aromatic rings. The number of Topliss-reactive ketones (excluding diaryl/α,β-unsaturated/α-hetero) is 2. The molecule has 0 radical (unpaired) electrons. The quantitative estimate of drug-likeness (QED) is 0.317. The van der Waals surface area contributed by atoms with Gasteiger partial charge in [0.15, 0.2) is 5.78 Å². The summed E-state index contributed by atoms with van der Waals surface area (Å²) in [6.07, 6.45) is 9.07. The fourth-order valence-corrected chi connectivity index (χ4v) is 6.36. The van der Waals surface area contributed by atoms with E-state index in [1.807, 2.05) is 27.7 Å². The van der Waals surface area contributed by atoms with E-state index in [4.69, 9.17) is 5.73 Å². The summed E-state index contributed by atoms with van der Waals surface area (Å²) < 4.78 is 0. The first-order chi connectivity index (χ1) is 19.9. The van der Waals surface area contributed by atoms with Gasteiger partial charge in [0.2, 0.25) is 17.6 Å². The van der Waals surface area contributed by atoms with Crippen LogP contribution in [0, 0.1) is 23.7 Å². The molecule has 1 aliphatic carbocycles. The second-order valence-corrected chi connectivity index (χ2v) is 13.1. The number of carbonyl (C=O) groups excluding carboxylic acids is 6. The van der Waals surface area contributed by atoms with E-state index in [0.717, 1.165) is 51.4 Å². The van der Waals surface area contributed by atoms with Crippen LogP contribution in [0.1, 0.15) is 105 Å². The average Bonchev–Trinajstić information content (AvgIpc) is 3.69. The number of ketones is 2. The maximum absolute atomic E-state index is 14.1. The van der Waals surface area contributed by atoms with E-state index >= 15 is 0 Å². The number of nitrogens with two attached hydrogens (primary N) is 1. The van der Waals surface area contributed by atoms with Gasteiger partial charge in [-0.15, -0.1) is 0 Å². The second kappa shape index (κ2) is 15.5. The van der Waals surface area contributed by atoms with Gasteiger partial charge >= 0.3 is 6.03 Å². The fourth-order valence-electron chi connectivity index (χ4n) is 6.36. The van der Waals surface area contributed by atoms with Crippen molar-refractivity contribution in [3.8, 4) is 0 Å². The molecule has 2 saturated heterocycles. The highest BCUT2D eigenvalue weighted by molar-refractivity contribution is 6.37. The van der Waals surface area contributed by atoms with Gasteiger partial charge in [-0.1, -0.05) is 72.6 Å². The smallest absolute Gasteiger partial charge is 0.316 e. The molecule has 3 aliphatic rings. The first-order valence-corrected chi connectivity index (χ1v) is 16.0. The minimum atomic E-state index is -1.09. The standard InChI is InChI=1S/C31H51N5O6/c1-18(2)21-16-17-36-25(21)29(40)33-22(27(38)28(32)39)12-10-8-6-5-7-9-11-13-23(30(36)41)34-31(42)35-24(19(3)4)26(37)20-14-15-20/h18-25H,5-17H2,1-4H3,(H2,32,39)(H,33,40)(H2,34,35,42)/t21-,22+,23+,24+,25+/m1/s1. The number of amides is 5. The molecule has 3 fully saturated rings. The highest BCUT2D eigenvalue weighted by Crippen LogP contribution is 2.33. The van der Waals surface area contributed by atoms with Gasteiger partial charge < -0.3 is 26.6 Å². The lowest BCUT2D eigenvalue weighted by Gasteiger charge is -2.33. The normalized spacial score (nSPS) is 27.2. The number of rotatable bonds is 8. The molecule has 3 rings (SSSR count). The Morgan fingerprint density at radius 2 is 1.45 bits per heavy atom. The molecule has 11 heteroatoms. The van der Waals surface area contributed by atoms with Crippen molar-refractivity contribution in [1.82, 2.24) is 20.9 Å². The maximum atomic E-state index is 14.1. The van der Waals surface area contributed by atoms with E-state index in [0.29, 0.717) is 32.2 Å². The van der Waals surface area contributed by atoms with Crippen molar-refractivity contribution in [2.24, 2.45) is 29.4 Å². The van der Waals surface area contributed by atoms with Gasteiger partial charge in [-0.25, -0.2) is 4.79 Å². The molecule has 5 atom stereocenters. The Morgan fingerprint density at radius 1 is 0.857 bits per heavy atom. The SMILES string of the molecule is CC(C)[C@H](NC(=O)N[C@H]1CCCCCCCCC[C@@H](C(=O)C(N)=O)NC(=O)[C@@H]2[C@@H](C(C)C)CCN2C1=O)C(=O)C1CC1. The van der Waals surface area contributed by atoms with E-state index in [1.165, 1.54) is 4.90 Å². The number of primary amides is 1. The molecule has 0 bridgehead atoms. The van der Waals surface area contributed by atoms with Crippen LogP contribution in [0.25, 0.3) is 0 Å². The van der Waals surface area contributed by atoms with Crippen molar-refractivity contribution in [3.05, 3.63) is 0 Å². The lowest BCUT2D eigenvalue weighted by atomic mass is 9.87. The van der Waals surface area contributed by atoms with Gasteiger partial charge in [-0.2, -0.15) is 0 Å². The van der Waals surface area contributed by atoms with Gasteiger partial charge in [0.25, 0.3) is 5.91 Å². The zero-order valence-corrected chi connectivity index (χ0v) is 25.8. The number of hydrogen-bond donors (Lipinski definition) is 4. The summed E-state index contributed by atoms with van der Waals surface area (Å²) in [6.45, 7) is 8.09. The third kappa shape index (κ3) is 9.01. The minimum Gasteiger partial charge on any atom is -0.363 e. The summed E-state index contributed by atoms with van der Waals surface area (Å²) in [5, 5.41) is 8.42. The molecule has 1 saturated carbocycles. The van der Waals surface area contributed by atoms with Crippen molar-refractivity contribution in [3.63, 3.8) is 0 Å². The Balaban J connectivity index is 1.84. The summed E-state index contributed by atoms with van der Waals surface area (Å²) in [5.41, 5.74) is 5.30. The van der Waals surface area contributed by atoms with Crippen LogP contribution in [-0.4, -0.2) is 70.9 Å². The van der Waals surface area contributed by atoms with E-state index in [9.17, 15) is 28.8 Å². The number of carbonyl (C=O) groups is 6. The molecule has 11 nitrogen and oxygen atoms in total. The third-order valence-corrected chi connectivity index (χ3v) is 9.06. The molecule has 0 spiro atoms. The number of hydrogen-bond acceptors (Lipinski definition) is 6. The van der Waals surface area contributed by atoms with Crippen LogP contribution in [0.5, 0.6) is 0 Å². The fraction of sp³-hybridized carbons (Fsp3) is 0.806. The Labute approximate surface area is 249 Å². The molecular formula is C31H51N5O6. The Hall–Kier alpha value is -2.98. The predicted molar refractivity (Wildman–Crippen MR) is 158 cm³/mol. The van der Waals surface area contributed by atoms with Gasteiger partial charge in [-0.05, 0) is 49.9 Å². The second-order valence-electron chi connectivity index (χ2n) is 13.1. The van der Waals surface area contributed by atoms with E-state index in [1.54, 1.807) is 0 Å². The van der Waals surface area contributed by atoms with Crippen molar-refractivity contribution in [2.45, 2.75) is 129 Å². The van der Waals surface area contributed by atoms with Crippen molar-refractivity contribution < 1.29 is 28.8 Å². The van der Waals surface area contributed by atoms with Crippen LogP contribution in [0.2, 0.25) is 0 Å². The predicted octanol–water partition coefficient (Wildman–Crippen LogP) is 2.59. The molecule has 0 unspecified atom stereocenters. The Bertz CT molecular complexity index is 1010. The zero-order chi connectivity index (χ0) is 31.0. The zero-order valence-electron chi connectivity index (χ0n) is 25.8. The average molecular weight is 590 g/mol. The summed E-state index contributed by atoms with van der Waals surface area (Å²) in [5.74, 6) is -2.92. The topological polar surface area (TPSA) is 168 Å². The lowest BCUT2D eigenvalue weighted by molar-refractivity contribution is -0.143. The van der Waals surface area contributed by atoms with Crippen molar-refractivity contribution in [1.29, 1.82) is 0 Å². The third-order valence-electron chi connectivity index (χ3n) is 9.06. The largest absolute Gasteiger partial charge is 0.363 e. The molecule has 2 heterocycles. The summed E-state index contributed by atoms with van der Waals surface area (Å²) >= 11 is 0. The van der Waals surface area contributed by atoms with Crippen molar-refractivity contribution >= 4 is 35.3 Å². The minimum absolute atomic E-state index is 0.0101. The molecule has 0 aromatic heterocycles. The van der Waals surface area contributed by atoms with Gasteiger partial charge in [0.1, 0.15) is 12.1 Å². The Morgan fingerprint density at radius 3 is 2.00 bits per heavy atom. The number of nitrogens with zero attached hydrogens (tertiary/aromatic N) is 1. The van der Waals surface area contributed by atoms with Crippen LogP contribution in [0.3, 0.4) is 0 Å². The number of nitrogens with one attached hydrogen (secondary N) is 3. The molecule has 2 aliphatic heterocycles. The molecule has 0 aromatic carbocycles. The van der Waals surface area contributed by atoms with Crippen LogP contribution in [0.4, 0.5) is 4.79 Å². The lowest BCUT2D eigenvalue weighted by Crippen LogP contribution is -2.59. The van der Waals surface area contributed by atoms with Gasteiger partial charge in [0, 0.05) is 12.5 Å². The van der Waals surface area contributed by atoms with E-state index in [2.05, 4.69) is 16.0 Å². The summed E-state index contributed by atoms with van der Waals surface area (Å²) in [6, 6.07) is -3.95. The first-order valence-electron chi connectivity index (χ1n) is 16.0. The van der Waals surface area contributed by atoms with Crippen LogP contribution in [0.15, 0.2) is 0 Å². The van der Waals surface area contributed by atoms with Crippen molar-refractivity contribution in [2.75, 3.05) is 6.54 Å². The van der Waals surface area contributed by atoms with E-state index in [-0.39, 0.29) is 35.4 Å². The molecule has 5 N–H and O–H groups in total. The maximum Gasteiger partial charge on any atom is 0.316 e. The van der Waals surface area contributed by atoms with Gasteiger partial charge in [-0.3, -0.25) is 24.0 Å². The summed E-state index contributed by atoms with van der Waals surface area (Å²) in [4.78, 5) is 79.7.